The molecular weight excluding hydrogens is 418 g/mol. The van der Waals surface area contributed by atoms with Crippen LogP contribution in [0.15, 0.2) is 54.6 Å². The first-order valence-corrected chi connectivity index (χ1v) is 10.9. The van der Waals surface area contributed by atoms with Crippen LogP contribution in [0.5, 0.6) is 5.75 Å². The van der Waals surface area contributed by atoms with E-state index < -0.39 is 6.61 Å². The van der Waals surface area contributed by atoms with Crippen molar-refractivity contribution in [2.24, 2.45) is 0 Å². The van der Waals surface area contributed by atoms with Gasteiger partial charge >= 0.3 is 6.61 Å². The largest absolute Gasteiger partial charge is 0.435 e. The first kappa shape index (κ1) is 22.6. The lowest BCUT2D eigenvalue weighted by atomic mass is 9.85. The molecule has 2 saturated heterocycles. The van der Waals surface area contributed by atoms with Crippen LogP contribution in [0.3, 0.4) is 0 Å². The molecule has 1 amide bonds. The number of ether oxygens (including phenoxy) is 3. The Bertz CT molecular complexity index is 873. The summed E-state index contributed by atoms with van der Waals surface area (Å²) in [7, 11) is 0. The van der Waals surface area contributed by atoms with Gasteiger partial charge in [-0.25, -0.2) is 0 Å². The first-order chi connectivity index (χ1) is 15.5. The first-order valence-electron chi connectivity index (χ1n) is 10.9. The molecule has 1 N–H and O–H groups in total. The molecule has 0 aromatic heterocycles. The molecule has 2 heterocycles. The average molecular weight is 446 g/mol. The number of hydrogen-bond donors (Lipinski definition) is 1. The number of halogens is 2. The van der Waals surface area contributed by atoms with Gasteiger partial charge in [-0.05, 0) is 49.1 Å². The van der Waals surface area contributed by atoms with Crippen molar-refractivity contribution in [3.63, 3.8) is 0 Å². The van der Waals surface area contributed by atoms with Crippen molar-refractivity contribution in [3.8, 4) is 5.75 Å². The summed E-state index contributed by atoms with van der Waals surface area (Å²) in [4.78, 5) is 14.6. The zero-order valence-electron chi connectivity index (χ0n) is 17.8. The predicted octanol–water partition coefficient (Wildman–Crippen LogP) is 4.07. The molecule has 2 aliphatic rings. The normalized spacial score (nSPS) is 23.5. The van der Waals surface area contributed by atoms with Crippen LogP contribution in [0.2, 0.25) is 0 Å². The molecule has 1 spiro atoms. The zero-order valence-corrected chi connectivity index (χ0v) is 17.8. The van der Waals surface area contributed by atoms with E-state index in [1.165, 1.54) is 12.1 Å². The lowest BCUT2D eigenvalue weighted by Crippen LogP contribution is -2.57. The highest BCUT2D eigenvalue weighted by Gasteiger charge is 2.47. The van der Waals surface area contributed by atoms with Crippen molar-refractivity contribution in [2.75, 3.05) is 31.6 Å². The second-order valence-electron chi connectivity index (χ2n) is 8.24. The van der Waals surface area contributed by atoms with E-state index in [-0.39, 0.29) is 29.9 Å². The fraction of sp³-hybridized carbons (Fsp3) is 0.458. The molecule has 8 heteroatoms. The molecule has 0 unspecified atom stereocenters. The molecule has 2 aliphatic heterocycles. The number of carbonyl (C=O) groups excluding carboxylic acids is 1. The Balaban J connectivity index is 1.33. The molecular formula is C24H28F2N2O4. The number of rotatable bonds is 8. The summed E-state index contributed by atoms with van der Waals surface area (Å²) in [6.45, 7) is -0.0444. The van der Waals surface area contributed by atoms with E-state index in [0.29, 0.717) is 18.8 Å². The van der Waals surface area contributed by atoms with E-state index >= 15 is 0 Å². The fourth-order valence-electron chi connectivity index (χ4n) is 4.41. The maximum absolute atomic E-state index is 12.6. The van der Waals surface area contributed by atoms with Gasteiger partial charge in [0, 0.05) is 25.4 Å². The highest BCUT2D eigenvalue weighted by molar-refractivity contribution is 5.92. The molecule has 172 valence electrons. The minimum absolute atomic E-state index is 0.0503. The van der Waals surface area contributed by atoms with Gasteiger partial charge in [0.05, 0.1) is 24.9 Å². The van der Waals surface area contributed by atoms with Gasteiger partial charge in [0.1, 0.15) is 5.75 Å². The number of carbonyl (C=O) groups is 1. The molecule has 0 aliphatic carbocycles. The molecule has 0 saturated carbocycles. The minimum atomic E-state index is -2.88. The highest BCUT2D eigenvalue weighted by Crippen LogP contribution is 2.38. The Morgan fingerprint density at radius 1 is 1.16 bits per heavy atom. The summed E-state index contributed by atoms with van der Waals surface area (Å²) in [5, 5.41) is 2.81. The van der Waals surface area contributed by atoms with Gasteiger partial charge in [0.15, 0.2) is 0 Å². The third-order valence-corrected chi connectivity index (χ3v) is 6.02. The number of nitrogens with one attached hydrogen (secondary N) is 1. The van der Waals surface area contributed by atoms with E-state index in [4.69, 9.17) is 9.47 Å². The van der Waals surface area contributed by atoms with Crippen LogP contribution in [0.25, 0.3) is 0 Å². The number of alkyl halides is 2. The van der Waals surface area contributed by atoms with Crippen LogP contribution >= 0.6 is 0 Å². The number of amides is 1. The molecule has 32 heavy (non-hydrogen) atoms. The number of piperidine rings is 1. The van der Waals surface area contributed by atoms with Gasteiger partial charge in [0.2, 0.25) is 5.91 Å². The van der Waals surface area contributed by atoms with Crippen molar-refractivity contribution in [3.05, 3.63) is 60.2 Å². The average Bonchev–Trinajstić information content (AvgIpc) is 3.25. The third-order valence-electron chi connectivity index (χ3n) is 6.02. The summed E-state index contributed by atoms with van der Waals surface area (Å²) in [5.74, 6) is -0.119. The van der Waals surface area contributed by atoms with Gasteiger partial charge in [-0.2, -0.15) is 8.78 Å². The van der Waals surface area contributed by atoms with Gasteiger partial charge in [-0.1, -0.05) is 30.3 Å². The van der Waals surface area contributed by atoms with Crippen LogP contribution in [-0.2, 0) is 20.9 Å². The summed E-state index contributed by atoms with van der Waals surface area (Å²) in [6, 6.07) is 15.9. The number of anilines is 1. The molecule has 2 atom stereocenters. The maximum atomic E-state index is 12.6. The predicted molar refractivity (Wildman–Crippen MR) is 116 cm³/mol. The van der Waals surface area contributed by atoms with Crippen LogP contribution in [0.4, 0.5) is 14.5 Å². The van der Waals surface area contributed by atoms with Crippen LogP contribution in [0.1, 0.15) is 24.8 Å². The van der Waals surface area contributed by atoms with E-state index in [2.05, 4.69) is 15.0 Å². The smallest absolute Gasteiger partial charge is 0.387 e. The van der Waals surface area contributed by atoms with E-state index in [0.717, 1.165) is 38.0 Å². The van der Waals surface area contributed by atoms with Crippen molar-refractivity contribution < 1.29 is 27.8 Å². The summed E-state index contributed by atoms with van der Waals surface area (Å²) >= 11 is 0. The monoisotopic (exact) mass is 446 g/mol. The number of hydrogen-bond acceptors (Lipinski definition) is 5. The Labute approximate surface area is 186 Å². The second kappa shape index (κ2) is 10.4. The van der Waals surface area contributed by atoms with Crippen LogP contribution < -0.4 is 10.1 Å². The summed E-state index contributed by atoms with van der Waals surface area (Å²) < 4.78 is 41.3. The summed E-state index contributed by atoms with van der Waals surface area (Å²) in [5.41, 5.74) is 1.36. The topological polar surface area (TPSA) is 60.0 Å². The molecule has 0 radical (unpaired) electrons. The van der Waals surface area contributed by atoms with E-state index in [9.17, 15) is 13.6 Å². The van der Waals surface area contributed by atoms with Gasteiger partial charge < -0.3 is 19.5 Å². The quantitative estimate of drug-likeness (QED) is 0.663. The molecule has 2 aromatic rings. The summed E-state index contributed by atoms with van der Waals surface area (Å²) in [6.07, 6.45) is 2.70. The lowest BCUT2D eigenvalue weighted by molar-refractivity contribution is -0.159. The van der Waals surface area contributed by atoms with Gasteiger partial charge in [-0.15, -0.1) is 0 Å². The molecule has 4 rings (SSSR count). The van der Waals surface area contributed by atoms with Crippen molar-refractivity contribution >= 4 is 11.6 Å². The fourth-order valence-corrected chi connectivity index (χ4v) is 4.41. The van der Waals surface area contributed by atoms with Gasteiger partial charge in [-0.3, -0.25) is 9.69 Å². The minimum Gasteiger partial charge on any atom is -0.435 e. The number of nitrogens with zero attached hydrogens (tertiary/aromatic N) is 1. The Morgan fingerprint density at radius 2 is 1.94 bits per heavy atom. The van der Waals surface area contributed by atoms with E-state index in [1.807, 2.05) is 30.3 Å². The third kappa shape index (κ3) is 5.82. The van der Waals surface area contributed by atoms with Crippen LogP contribution in [0, 0.1) is 0 Å². The van der Waals surface area contributed by atoms with E-state index in [1.54, 1.807) is 12.1 Å². The molecule has 2 fully saturated rings. The molecule has 6 nitrogen and oxygen atoms in total. The Morgan fingerprint density at radius 3 is 2.62 bits per heavy atom. The Hall–Kier alpha value is -2.55. The number of benzene rings is 2. The molecule has 0 bridgehead atoms. The van der Waals surface area contributed by atoms with Crippen LogP contribution in [-0.4, -0.2) is 55.4 Å². The zero-order chi connectivity index (χ0) is 22.4. The van der Waals surface area contributed by atoms with Crippen molar-refractivity contribution in [1.82, 2.24) is 4.90 Å². The SMILES string of the molecule is O=C(CN1CC[C@@]2(CCCO2)[C@H](OCc2ccccc2)C1)Nc1ccc(OC(F)F)cc1. The maximum Gasteiger partial charge on any atom is 0.387 e. The molecule has 2 aromatic carbocycles. The number of likely N-dealkylation sites (tertiary alicyclic amines) is 1. The standard InChI is InChI=1S/C24H28F2N2O4/c25-23(26)32-20-9-7-19(8-10-20)27-22(29)16-28-13-12-24(11-4-14-31-24)21(15-28)30-17-18-5-2-1-3-6-18/h1-3,5-10,21,23H,4,11-17H2,(H,27,29)/t21-,24+/m1/s1. The van der Waals surface area contributed by atoms with Gasteiger partial charge in [0.25, 0.3) is 0 Å². The lowest BCUT2D eigenvalue weighted by Gasteiger charge is -2.44. The highest BCUT2D eigenvalue weighted by atomic mass is 19.3. The second-order valence-corrected chi connectivity index (χ2v) is 8.24. The Kier molecular flexibility index (Phi) is 7.34. The van der Waals surface area contributed by atoms with Crippen molar-refractivity contribution in [2.45, 2.75) is 44.2 Å². The van der Waals surface area contributed by atoms with Crippen molar-refractivity contribution in [1.29, 1.82) is 0 Å².